The number of ether oxygens (including phenoxy) is 1. The van der Waals surface area contributed by atoms with Crippen molar-refractivity contribution in [1.29, 1.82) is 0 Å². The summed E-state index contributed by atoms with van der Waals surface area (Å²) in [5.41, 5.74) is 0. The standard InChI is InChI=1S/C6H9F3O2/c1-3-5(10)11-4(2)6(7,8)9/h4H,3H2,1-2H3. The first-order valence-corrected chi connectivity index (χ1v) is 3.14. The number of hydrogen-bond donors (Lipinski definition) is 0. The van der Waals surface area contributed by atoms with Crippen LogP contribution in [0, 0.1) is 0 Å². The van der Waals surface area contributed by atoms with Crippen LogP contribution in [0.5, 0.6) is 0 Å². The topological polar surface area (TPSA) is 26.3 Å². The van der Waals surface area contributed by atoms with Gasteiger partial charge in [0.25, 0.3) is 0 Å². The molecule has 0 rings (SSSR count). The zero-order chi connectivity index (χ0) is 9.07. The van der Waals surface area contributed by atoms with Crippen molar-refractivity contribution < 1.29 is 22.7 Å². The van der Waals surface area contributed by atoms with Gasteiger partial charge in [0, 0.05) is 6.42 Å². The lowest BCUT2D eigenvalue weighted by molar-refractivity contribution is -0.215. The Morgan fingerprint density at radius 1 is 1.55 bits per heavy atom. The molecule has 0 aliphatic heterocycles. The van der Waals surface area contributed by atoms with Crippen LogP contribution in [0.4, 0.5) is 13.2 Å². The van der Waals surface area contributed by atoms with Gasteiger partial charge in [0.05, 0.1) is 0 Å². The van der Waals surface area contributed by atoms with Gasteiger partial charge in [0.1, 0.15) is 0 Å². The third-order valence-electron chi connectivity index (χ3n) is 1.06. The molecule has 1 unspecified atom stereocenters. The summed E-state index contributed by atoms with van der Waals surface area (Å²) in [4.78, 5) is 10.3. The molecule has 0 heterocycles. The molecule has 0 aliphatic carbocycles. The average molecular weight is 170 g/mol. The van der Waals surface area contributed by atoms with E-state index in [2.05, 4.69) is 4.74 Å². The van der Waals surface area contributed by atoms with Crippen molar-refractivity contribution in [3.63, 3.8) is 0 Å². The Balaban J connectivity index is 3.87. The second kappa shape index (κ2) is 3.59. The molecule has 0 aromatic heterocycles. The second-order valence-electron chi connectivity index (χ2n) is 2.03. The van der Waals surface area contributed by atoms with E-state index in [1.165, 1.54) is 6.92 Å². The zero-order valence-electron chi connectivity index (χ0n) is 6.23. The van der Waals surface area contributed by atoms with E-state index in [1.54, 1.807) is 0 Å². The van der Waals surface area contributed by atoms with Crippen molar-refractivity contribution in [2.45, 2.75) is 32.5 Å². The van der Waals surface area contributed by atoms with Gasteiger partial charge < -0.3 is 4.74 Å². The lowest BCUT2D eigenvalue weighted by Gasteiger charge is -2.15. The lowest BCUT2D eigenvalue weighted by atomic mass is 10.4. The first-order chi connectivity index (χ1) is 4.88. The molecule has 5 heteroatoms. The molecule has 1 atom stereocenters. The van der Waals surface area contributed by atoms with Crippen molar-refractivity contribution in [1.82, 2.24) is 0 Å². The maximum Gasteiger partial charge on any atom is 0.425 e. The van der Waals surface area contributed by atoms with Crippen LogP contribution in [-0.4, -0.2) is 18.2 Å². The summed E-state index contributed by atoms with van der Waals surface area (Å²) in [6, 6.07) is 0. The Morgan fingerprint density at radius 2 is 2.00 bits per heavy atom. The molecule has 11 heavy (non-hydrogen) atoms. The summed E-state index contributed by atoms with van der Waals surface area (Å²) in [6.45, 7) is 2.24. The van der Waals surface area contributed by atoms with E-state index in [0.29, 0.717) is 0 Å². The van der Waals surface area contributed by atoms with Gasteiger partial charge in [-0.3, -0.25) is 4.79 Å². The van der Waals surface area contributed by atoms with Gasteiger partial charge in [-0.1, -0.05) is 6.92 Å². The highest BCUT2D eigenvalue weighted by molar-refractivity contribution is 5.69. The van der Waals surface area contributed by atoms with Crippen LogP contribution in [0.3, 0.4) is 0 Å². The fourth-order valence-corrected chi connectivity index (χ4v) is 0.347. The van der Waals surface area contributed by atoms with Gasteiger partial charge >= 0.3 is 12.1 Å². The SMILES string of the molecule is CCC(=O)OC(C)C(F)(F)F. The molecule has 0 spiro atoms. The van der Waals surface area contributed by atoms with Gasteiger partial charge in [0.15, 0.2) is 6.10 Å². The van der Waals surface area contributed by atoms with E-state index >= 15 is 0 Å². The normalized spacial score (nSPS) is 14.3. The number of alkyl halides is 3. The molecule has 2 nitrogen and oxygen atoms in total. The quantitative estimate of drug-likeness (QED) is 0.591. The molecular formula is C6H9F3O2. The molecule has 0 radical (unpaired) electrons. The summed E-state index contributed by atoms with van der Waals surface area (Å²) in [6.07, 6.45) is -6.50. The Kier molecular flexibility index (Phi) is 3.35. The molecule has 0 bridgehead atoms. The number of carbonyl (C=O) groups is 1. The summed E-state index contributed by atoms with van der Waals surface area (Å²) < 4.78 is 39.0. The van der Waals surface area contributed by atoms with Gasteiger partial charge in [-0.15, -0.1) is 0 Å². The maximum absolute atomic E-state index is 11.7. The maximum atomic E-state index is 11.7. The van der Waals surface area contributed by atoms with Crippen LogP contribution >= 0.6 is 0 Å². The number of rotatable bonds is 2. The molecule has 0 saturated carbocycles. The zero-order valence-corrected chi connectivity index (χ0v) is 6.23. The summed E-state index contributed by atoms with van der Waals surface area (Å²) >= 11 is 0. The molecule has 0 aromatic rings. The van der Waals surface area contributed by atoms with Crippen LogP contribution in [0.15, 0.2) is 0 Å². The first kappa shape index (κ1) is 10.3. The summed E-state index contributed by atoms with van der Waals surface area (Å²) in [7, 11) is 0. The minimum Gasteiger partial charge on any atom is -0.453 e. The fraction of sp³-hybridized carbons (Fsp3) is 0.833. The monoisotopic (exact) mass is 170 g/mol. The third kappa shape index (κ3) is 3.85. The van der Waals surface area contributed by atoms with Crippen molar-refractivity contribution in [2.24, 2.45) is 0 Å². The molecule has 66 valence electrons. The van der Waals surface area contributed by atoms with Crippen molar-refractivity contribution in [3.05, 3.63) is 0 Å². The predicted molar refractivity (Wildman–Crippen MR) is 31.9 cm³/mol. The van der Waals surface area contributed by atoms with E-state index < -0.39 is 18.2 Å². The molecule has 0 amide bonds. The Bertz CT molecular complexity index is 141. The number of hydrogen-bond acceptors (Lipinski definition) is 2. The van der Waals surface area contributed by atoms with Crippen LogP contribution in [0.2, 0.25) is 0 Å². The van der Waals surface area contributed by atoms with Gasteiger partial charge in [0.2, 0.25) is 0 Å². The molecule has 0 fully saturated rings. The van der Waals surface area contributed by atoms with Crippen LogP contribution in [0.25, 0.3) is 0 Å². The van der Waals surface area contributed by atoms with Crippen molar-refractivity contribution in [2.75, 3.05) is 0 Å². The largest absolute Gasteiger partial charge is 0.453 e. The van der Waals surface area contributed by atoms with Gasteiger partial charge in [-0.25, -0.2) is 0 Å². The van der Waals surface area contributed by atoms with E-state index in [4.69, 9.17) is 0 Å². The fourth-order valence-electron chi connectivity index (χ4n) is 0.347. The molecule has 0 N–H and O–H groups in total. The average Bonchev–Trinajstić information content (AvgIpc) is 1.85. The van der Waals surface area contributed by atoms with Crippen LogP contribution in [-0.2, 0) is 9.53 Å². The minimum absolute atomic E-state index is 0.0413. The van der Waals surface area contributed by atoms with E-state index in [-0.39, 0.29) is 6.42 Å². The van der Waals surface area contributed by atoms with E-state index in [9.17, 15) is 18.0 Å². The number of halogens is 3. The Hall–Kier alpha value is -0.740. The predicted octanol–water partition coefficient (Wildman–Crippen LogP) is 1.89. The first-order valence-electron chi connectivity index (χ1n) is 3.14. The highest BCUT2D eigenvalue weighted by atomic mass is 19.4. The smallest absolute Gasteiger partial charge is 0.425 e. The lowest BCUT2D eigenvalue weighted by Crippen LogP contribution is -2.30. The molecular weight excluding hydrogens is 161 g/mol. The van der Waals surface area contributed by atoms with E-state index in [1.807, 2.05) is 0 Å². The molecule has 0 saturated heterocycles. The van der Waals surface area contributed by atoms with Gasteiger partial charge in [-0.05, 0) is 6.92 Å². The highest BCUT2D eigenvalue weighted by Gasteiger charge is 2.38. The van der Waals surface area contributed by atoms with Gasteiger partial charge in [-0.2, -0.15) is 13.2 Å². The summed E-state index contributed by atoms with van der Waals surface area (Å²) in [5, 5.41) is 0. The Morgan fingerprint density at radius 3 is 2.27 bits per heavy atom. The van der Waals surface area contributed by atoms with Crippen LogP contribution in [0.1, 0.15) is 20.3 Å². The summed E-state index contributed by atoms with van der Waals surface area (Å²) in [5.74, 6) is -0.838. The highest BCUT2D eigenvalue weighted by Crippen LogP contribution is 2.22. The van der Waals surface area contributed by atoms with Crippen molar-refractivity contribution >= 4 is 5.97 Å². The third-order valence-corrected chi connectivity index (χ3v) is 1.06. The minimum atomic E-state index is -4.45. The molecule has 0 aromatic carbocycles. The Labute approximate surface area is 62.3 Å². The number of esters is 1. The number of carbonyl (C=O) groups excluding carboxylic acids is 1. The van der Waals surface area contributed by atoms with Crippen LogP contribution < -0.4 is 0 Å². The van der Waals surface area contributed by atoms with E-state index in [0.717, 1.165) is 6.92 Å². The molecule has 0 aliphatic rings. The van der Waals surface area contributed by atoms with Crippen molar-refractivity contribution in [3.8, 4) is 0 Å². The second-order valence-corrected chi connectivity index (χ2v) is 2.03.